The van der Waals surface area contributed by atoms with Crippen LogP contribution in [0, 0.1) is 29.6 Å². The first-order chi connectivity index (χ1) is 16.2. The number of aromatic nitrogens is 1. The molecule has 1 aromatic heterocycles. The quantitative estimate of drug-likeness (QED) is 0.451. The number of carbonyl (C=O) groups is 3. The van der Waals surface area contributed by atoms with Gasteiger partial charge in [-0.15, -0.1) is 11.8 Å². The number of amides is 2. The molecule has 2 aliphatic heterocycles. The maximum absolute atomic E-state index is 13.5. The molecule has 6 rings (SSSR count). The highest BCUT2D eigenvalue weighted by Crippen LogP contribution is 2.68. The first-order valence-corrected chi connectivity index (χ1v) is 13.9. The van der Waals surface area contributed by atoms with Gasteiger partial charge in [-0.05, 0) is 55.7 Å². The molecule has 0 radical (unpaired) electrons. The Bertz CT molecular complexity index is 1270. The Balaban J connectivity index is 1.38. The van der Waals surface area contributed by atoms with Gasteiger partial charge in [0.15, 0.2) is 0 Å². The summed E-state index contributed by atoms with van der Waals surface area (Å²) in [5.74, 6) is -1.64. The summed E-state index contributed by atoms with van der Waals surface area (Å²) in [6.07, 6.45) is 0.519. The number of nitrogens with one attached hydrogen (secondary N) is 1. The van der Waals surface area contributed by atoms with Crippen molar-refractivity contribution in [2.45, 2.75) is 42.6 Å². The number of carbonyl (C=O) groups excluding carboxylic acids is 3. The van der Waals surface area contributed by atoms with E-state index >= 15 is 0 Å². The lowest BCUT2D eigenvalue weighted by atomic mass is 9.68. The second-order valence-electron chi connectivity index (χ2n) is 9.82. The summed E-state index contributed by atoms with van der Waals surface area (Å²) in [6, 6.07) is 8.14. The van der Waals surface area contributed by atoms with Crippen molar-refractivity contribution in [2.75, 3.05) is 6.54 Å². The van der Waals surface area contributed by atoms with E-state index in [0.29, 0.717) is 0 Å². The molecule has 178 valence electrons. The minimum atomic E-state index is -0.553. The van der Waals surface area contributed by atoms with Gasteiger partial charge in [0.1, 0.15) is 6.54 Å². The predicted molar refractivity (Wildman–Crippen MR) is 131 cm³/mol. The first-order valence-electron chi connectivity index (χ1n) is 11.4. The number of H-pyrrole nitrogens is 1. The molecule has 3 fully saturated rings. The lowest BCUT2D eigenvalue weighted by Gasteiger charge is -2.43. The number of ether oxygens (including phenoxy) is 1. The number of halogens is 1. The fraction of sp³-hybridized carbons (Fsp3) is 0.500. The molecule has 2 bridgehead atoms. The average molecular weight is 563 g/mol. The zero-order valence-electron chi connectivity index (χ0n) is 18.5. The molecule has 2 aliphatic carbocycles. The third-order valence-corrected chi connectivity index (χ3v) is 10.8. The number of likely N-dealkylation sites (tertiary alicyclic amines) is 1. The Morgan fingerprint density at radius 3 is 2.65 bits per heavy atom. The molecule has 2 amide bonds. The van der Waals surface area contributed by atoms with Gasteiger partial charge in [-0.2, -0.15) is 0 Å². The number of imide groups is 1. The van der Waals surface area contributed by atoms with Crippen LogP contribution in [0.25, 0.3) is 0 Å². The molecule has 7 unspecified atom stereocenters. The number of nitrogens with zero attached hydrogens (tertiary/aromatic N) is 1. The number of fused-ring (bicyclic) bond motifs is 9. The second-order valence-corrected chi connectivity index (χ2v) is 12.9. The van der Waals surface area contributed by atoms with E-state index in [4.69, 9.17) is 4.74 Å². The van der Waals surface area contributed by atoms with E-state index < -0.39 is 17.8 Å². The zero-order valence-corrected chi connectivity index (χ0v) is 21.7. The number of aromatic amines is 1. The monoisotopic (exact) mass is 562 g/mol. The van der Waals surface area contributed by atoms with Crippen LogP contribution in [0.2, 0.25) is 0 Å². The smallest absolute Gasteiger partial charge is 0.326 e. The number of rotatable bonds is 4. The Hall–Kier alpha value is -1.91. The number of benzene rings is 1. The van der Waals surface area contributed by atoms with Crippen molar-refractivity contribution in [2.24, 2.45) is 29.6 Å². The van der Waals surface area contributed by atoms with Crippen molar-refractivity contribution in [3.05, 3.63) is 48.8 Å². The highest BCUT2D eigenvalue weighted by atomic mass is 79.9. The normalized spacial score (nSPS) is 33.3. The van der Waals surface area contributed by atoms with Gasteiger partial charge in [-0.1, -0.05) is 39.4 Å². The molecule has 3 heterocycles. The number of hydrogen-bond donors (Lipinski definition) is 1. The summed E-state index contributed by atoms with van der Waals surface area (Å²) in [7, 11) is 0. The molecular weight excluding hydrogens is 540 g/mol. The third kappa shape index (κ3) is 3.28. The largest absolute Gasteiger partial charge is 0.462 e. The van der Waals surface area contributed by atoms with Gasteiger partial charge in [0.25, 0.3) is 0 Å². The summed E-state index contributed by atoms with van der Waals surface area (Å²) in [5, 5.41) is 1.02. The van der Waals surface area contributed by atoms with Crippen LogP contribution < -0.4 is 4.87 Å². The van der Waals surface area contributed by atoms with E-state index in [0.717, 1.165) is 31.3 Å². The van der Waals surface area contributed by atoms with Gasteiger partial charge >= 0.3 is 10.8 Å². The van der Waals surface area contributed by atoms with Gasteiger partial charge in [-0.25, -0.2) is 0 Å². The summed E-state index contributed by atoms with van der Waals surface area (Å²) in [5.41, 5.74) is 1.11. The Labute approximate surface area is 212 Å². The van der Waals surface area contributed by atoms with E-state index in [2.05, 4.69) is 33.0 Å². The fourth-order valence-electron chi connectivity index (χ4n) is 6.74. The van der Waals surface area contributed by atoms with Gasteiger partial charge in [0.05, 0.1) is 23.0 Å². The summed E-state index contributed by atoms with van der Waals surface area (Å²) in [6.45, 7) is 3.17. The average Bonchev–Trinajstić information content (AvgIpc) is 3.48. The van der Waals surface area contributed by atoms with Crippen LogP contribution in [0.4, 0.5) is 0 Å². The van der Waals surface area contributed by atoms with Crippen LogP contribution in [-0.2, 0) is 19.1 Å². The molecule has 2 aromatic rings. The van der Waals surface area contributed by atoms with Gasteiger partial charge in [0, 0.05) is 20.5 Å². The Morgan fingerprint density at radius 2 is 1.94 bits per heavy atom. The Morgan fingerprint density at radius 1 is 1.21 bits per heavy atom. The second kappa shape index (κ2) is 8.06. The van der Waals surface area contributed by atoms with Crippen LogP contribution in [0.1, 0.15) is 36.6 Å². The van der Waals surface area contributed by atoms with Crippen LogP contribution >= 0.6 is 39.0 Å². The van der Waals surface area contributed by atoms with Gasteiger partial charge in [-0.3, -0.25) is 24.1 Å². The van der Waals surface area contributed by atoms with E-state index in [-0.39, 0.29) is 58.3 Å². The SMILES string of the molecule is CC(C)OC(=O)CN1C(=O)C2C3CC(C2C1=O)C1C(c2cccc(Br)c2)c2sc(=O)[nH]c2SC31. The zero-order chi connectivity index (χ0) is 23.9. The molecule has 2 saturated carbocycles. The standard InChI is InChI=1S/C24H23BrN2O5S2/c1-9(2)32-14(28)8-27-22(29)17-12-7-13(18(17)23(27)30)19-16(12)15(10-4-3-5-11(25)6-10)20-21(33-19)26-24(31)34-20/h3-6,9,12-13,15-19H,7-8H2,1-2H3,(H,26,31). The molecule has 34 heavy (non-hydrogen) atoms. The highest BCUT2D eigenvalue weighted by Gasteiger charge is 2.69. The van der Waals surface area contributed by atoms with Gasteiger partial charge < -0.3 is 9.72 Å². The highest BCUT2D eigenvalue weighted by molar-refractivity contribution is 9.10. The third-order valence-electron chi connectivity index (χ3n) is 7.68. The maximum atomic E-state index is 13.5. The Kier molecular flexibility index (Phi) is 5.35. The van der Waals surface area contributed by atoms with Crippen LogP contribution in [-0.4, -0.2) is 45.6 Å². The van der Waals surface area contributed by atoms with Crippen molar-refractivity contribution >= 4 is 56.8 Å². The van der Waals surface area contributed by atoms with Crippen molar-refractivity contribution in [3.63, 3.8) is 0 Å². The molecule has 10 heteroatoms. The van der Waals surface area contributed by atoms with E-state index in [9.17, 15) is 19.2 Å². The van der Waals surface area contributed by atoms with E-state index in [1.54, 1.807) is 25.6 Å². The van der Waals surface area contributed by atoms with Crippen LogP contribution in [0.3, 0.4) is 0 Å². The number of thiazole rings is 1. The van der Waals surface area contributed by atoms with Gasteiger partial charge in [0.2, 0.25) is 11.8 Å². The fourth-order valence-corrected chi connectivity index (χ4v) is 10.0. The maximum Gasteiger partial charge on any atom is 0.326 e. The van der Waals surface area contributed by atoms with Crippen molar-refractivity contribution in [1.29, 1.82) is 0 Å². The summed E-state index contributed by atoms with van der Waals surface area (Å²) >= 11 is 6.48. The minimum absolute atomic E-state index is 0.0125. The molecule has 0 spiro atoms. The number of esters is 1. The van der Waals surface area contributed by atoms with Crippen molar-refractivity contribution < 1.29 is 19.1 Å². The lowest BCUT2D eigenvalue weighted by Crippen LogP contribution is -2.42. The molecule has 4 aliphatic rings. The van der Waals surface area contributed by atoms with Crippen molar-refractivity contribution in [1.82, 2.24) is 9.88 Å². The van der Waals surface area contributed by atoms with E-state index in [1.807, 2.05) is 12.1 Å². The molecule has 7 atom stereocenters. The number of thioether (sulfide) groups is 1. The van der Waals surface area contributed by atoms with E-state index in [1.165, 1.54) is 11.3 Å². The summed E-state index contributed by atoms with van der Waals surface area (Å²) in [4.78, 5) is 56.5. The molecule has 1 aromatic carbocycles. The first kappa shape index (κ1) is 22.5. The van der Waals surface area contributed by atoms with Crippen molar-refractivity contribution in [3.8, 4) is 0 Å². The van der Waals surface area contributed by atoms with Crippen LogP contribution in [0.15, 0.2) is 38.6 Å². The lowest BCUT2D eigenvalue weighted by molar-refractivity contribution is -0.155. The molecule has 1 saturated heterocycles. The number of hydrogen-bond acceptors (Lipinski definition) is 7. The topological polar surface area (TPSA) is 96.5 Å². The summed E-state index contributed by atoms with van der Waals surface area (Å²) < 4.78 is 6.16. The van der Waals surface area contributed by atoms with Crippen LogP contribution in [0.5, 0.6) is 0 Å². The molecular formula is C24H23BrN2O5S2. The molecule has 7 nitrogen and oxygen atoms in total. The minimum Gasteiger partial charge on any atom is -0.462 e. The predicted octanol–water partition coefficient (Wildman–Crippen LogP) is 3.62. The molecule has 1 N–H and O–H groups in total.